The summed E-state index contributed by atoms with van der Waals surface area (Å²) in [6, 6.07) is 0.872. The second-order valence-corrected chi connectivity index (χ2v) is 6.02. The van der Waals surface area contributed by atoms with E-state index in [1.807, 2.05) is 0 Å². The molecule has 0 aliphatic heterocycles. The van der Waals surface area contributed by atoms with Gasteiger partial charge >= 0.3 is 0 Å². The zero-order chi connectivity index (χ0) is 14.8. The minimum atomic E-state index is 0.415. The summed E-state index contributed by atoms with van der Waals surface area (Å²) in [5.41, 5.74) is 6.02. The molecule has 3 N–H and O–H groups in total. The van der Waals surface area contributed by atoms with Gasteiger partial charge in [0, 0.05) is 6.04 Å². The molecule has 1 rings (SSSR count). The van der Waals surface area contributed by atoms with Gasteiger partial charge in [-0.2, -0.15) is 0 Å². The molecule has 1 aliphatic carbocycles. The highest BCUT2D eigenvalue weighted by Crippen LogP contribution is 2.19. The molecule has 0 aromatic heterocycles. The van der Waals surface area contributed by atoms with E-state index in [9.17, 15) is 0 Å². The van der Waals surface area contributed by atoms with Crippen LogP contribution in [-0.4, -0.2) is 42.6 Å². The largest absolute Gasteiger partial charge is 0.370 e. The van der Waals surface area contributed by atoms with Crippen LogP contribution >= 0.6 is 0 Å². The average Bonchev–Trinajstić information content (AvgIpc) is 2.44. The van der Waals surface area contributed by atoms with Gasteiger partial charge in [-0.3, -0.25) is 4.99 Å². The monoisotopic (exact) mass is 282 g/mol. The molecule has 1 atom stereocenters. The molecular weight excluding hydrogens is 248 g/mol. The van der Waals surface area contributed by atoms with Gasteiger partial charge < -0.3 is 16.0 Å². The second-order valence-electron chi connectivity index (χ2n) is 6.02. The predicted octanol–water partition coefficient (Wildman–Crippen LogP) is 2.73. The molecule has 1 saturated carbocycles. The summed E-state index contributed by atoms with van der Waals surface area (Å²) in [6.45, 7) is 10.1. The van der Waals surface area contributed by atoms with Gasteiger partial charge in [-0.25, -0.2) is 0 Å². The normalized spacial score (nSPS) is 19.3. The van der Waals surface area contributed by atoms with Crippen LogP contribution in [0.2, 0.25) is 0 Å². The van der Waals surface area contributed by atoms with Crippen LogP contribution in [0.1, 0.15) is 65.7 Å². The summed E-state index contributed by atoms with van der Waals surface area (Å²) in [5.74, 6) is 0.646. The molecule has 20 heavy (non-hydrogen) atoms. The van der Waals surface area contributed by atoms with Crippen molar-refractivity contribution < 1.29 is 0 Å². The molecule has 0 amide bonds. The average molecular weight is 282 g/mol. The molecule has 0 saturated heterocycles. The van der Waals surface area contributed by atoms with E-state index in [-0.39, 0.29) is 0 Å². The number of nitrogens with one attached hydrogen (secondary N) is 1. The van der Waals surface area contributed by atoms with E-state index in [1.54, 1.807) is 0 Å². The first-order chi connectivity index (χ1) is 9.65. The zero-order valence-corrected chi connectivity index (χ0v) is 13.7. The van der Waals surface area contributed by atoms with Crippen molar-refractivity contribution in [1.82, 2.24) is 10.2 Å². The highest BCUT2D eigenvalue weighted by molar-refractivity contribution is 5.78. The lowest BCUT2D eigenvalue weighted by Gasteiger charge is -2.21. The number of guanidine groups is 1. The Labute approximate surface area is 125 Å². The number of aliphatic imine (C=N–C) groups is 1. The molecule has 0 aromatic rings. The Balaban J connectivity index is 2.19. The van der Waals surface area contributed by atoms with Gasteiger partial charge in [-0.05, 0) is 52.2 Å². The van der Waals surface area contributed by atoms with Crippen LogP contribution in [0, 0.1) is 0 Å². The Bertz CT molecular complexity index is 268. The molecule has 4 heteroatoms. The maximum atomic E-state index is 6.02. The molecule has 0 radical (unpaired) electrons. The minimum absolute atomic E-state index is 0.415. The third-order valence-corrected chi connectivity index (χ3v) is 4.30. The molecule has 0 bridgehead atoms. The fraction of sp³-hybridized carbons (Fsp3) is 0.938. The summed E-state index contributed by atoms with van der Waals surface area (Å²) >= 11 is 0. The van der Waals surface area contributed by atoms with Crippen LogP contribution in [0.5, 0.6) is 0 Å². The van der Waals surface area contributed by atoms with E-state index in [0.29, 0.717) is 18.0 Å². The highest BCUT2D eigenvalue weighted by atomic mass is 15.1. The fourth-order valence-corrected chi connectivity index (χ4v) is 2.93. The lowest BCUT2D eigenvalue weighted by Crippen LogP contribution is -2.39. The van der Waals surface area contributed by atoms with Crippen LogP contribution in [0.15, 0.2) is 4.99 Å². The van der Waals surface area contributed by atoms with E-state index in [0.717, 1.165) is 19.5 Å². The van der Waals surface area contributed by atoms with E-state index >= 15 is 0 Å². The summed E-state index contributed by atoms with van der Waals surface area (Å²) in [6.07, 6.45) is 8.75. The van der Waals surface area contributed by atoms with E-state index < -0.39 is 0 Å². The number of hydrogen-bond acceptors (Lipinski definition) is 2. The van der Waals surface area contributed by atoms with Crippen LogP contribution in [-0.2, 0) is 0 Å². The SMILES string of the molecule is CCN(CC)CCCC(C)NC(N)=NC1CCCCC1. The summed E-state index contributed by atoms with van der Waals surface area (Å²) in [5, 5.41) is 3.35. The Morgan fingerprint density at radius 1 is 1.25 bits per heavy atom. The molecule has 0 aromatic carbocycles. The highest BCUT2D eigenvalue weighted by Gasteiger charge is 2.13. The van der Waals surface area contributed by atoms with E-state index in [4.69, 9.17) is 5.73 Å². The quantitative estimate of drug-likeness (QED) is 0.531. The Hall–Kier alpha value is -0.770. The Morgan fingerprint density at radius 3 is 2.50 bits per heavy atom. The van der Waals surface area contributed by atoms with Crippen LogP contribution in [0.4, 0.5) is 0 Å². The summed E-state index contributed by atoms with van der Waals surface area (Å²) in [4.78, 5) is 7.09. The first kappa shape index (κ1) is 17.3. The molecule has 1 fully saturated rings. The van der Waals surface area contributed by atoms with Gasteiger partial charge in [0.1, 0.15) is 0 Å². The lowest BCUT2D eigenvalue weighted by atomic mass is 9.96. The number of nitrogens with two attached hydrogens (primary N) is 1. The molecule has 1 unspecified atom stereocenters. The number of nitrogens with zero attached hydrogens (tertiary/aromatic N) is 2. The van der Waals surface area contributed by atoms with Gasteiger partial charge in [-0.15, -0.1) is 0 Å². The fourth-order valence-electron chi connectivity index (χ4n) is 2.93. The van der Waals surface area contributed by atoms with Crippen molar-refractivity contribution in [3.63, 3.8) is 0 Å². The van der Waals surface area contributed by atoms with Gasteiger partial charge in [0.05, 0.1) is 6.04 Å². The van der Waals surface area contributed by atoms with E-state index in [1.165, 1.54) is 45.1 Å². The van der Waals surface area contributed by atoms with Gasteiger partial charge in [-0.1, -0.05) is 33.1 Å². The van der Waals surface area contributed by atoms with Gasteiger partial charge in [0.2, 0.25) is 0 Å². The van der Waals surface area contributed by atoms with Crippen LogP contribution < -0.4 is 11.1 Å². The third kappa shape index (κ3) is 7.13. The Kier molecular flexibility index (Phi) is 8.67. The van der Waals surface area contributed by atoms with Crippen molar-refractivity contribution in [2.75, 3.05) is 19.6 Å². The second kappa shape index (κ2) is 10.0. The molecule has 0 spiro atoms. The zero-order valence-electron chi connectivity index (χ0n) is 13.7. The predicted molar refractivity (Wildman–Crippen MR) is 88.1 cm³/mol. The number of hydrogen-bond donors (Lipinski definition) is 2. The topological polar surface area (TPSA) is 53.6 Å². The first-order valence-electron chi connectivity index (χ1n) is 8.47. The van der Waals surface area contributed by atoms with Crippen molar-refractivity contribution in [2.24, 2.45) is 10.7 Å². The summed E-state index contributed by atoms with van der Waals surface area (Å²) < 4.78 is 0. The molecule has 118 valence electrons. The maximum Gasteiger partial charge on any atom is 0.189 e. The van der Waals surface area contributed by atoms with Crippen LogP contribution in [0.3, 0.4) is 0 Å². The lowest BCUT2D eigenvalue weighted by molar-refractivity contribution is 0.292. The summed E-state index contributed by atoms with van der Waals surface area (Å²) in [7, 11) is 0. The van der Waals surface area contributed by atoms with Crippen molar-refractivity contribution in [3.05, 3.63) is 0 Å². The minimum Gasteiger partial charge on any atom is -0.370 e. The first-order valence-corrected chi connectivity index (χ1v) is 8.47. The van der Waals surface area contributed by atoms with Crippen molar-refractivity contribution in [1.29, 1.82) is 0 Å². The smallest absolute Gasteiger partial charge is 0.189 e. The third-order valence-electron chi connectivity index (χ3n) is 4.30. The molecule has 4 nitrogen and oxygen atoms in total. The number of rotatable bonds is 8. The molecule has 0 heterocycles. The van der Waals surface area contributed by atoms with Gasteiger partial charge in [0.15, 0.2) is 5.96 Å². The molecule has 1 aliphatic rings. The molecular formula is C16H34N4. The standard InChI is InChI=1S/C16H34N4/c1-4-20(5-2)13-9-10-14(3)18-16(17)19-15-11-7-6-8-12-15/h14-15H,4-13H2,1-3H3,(H3,17,18,19). The van der Waals surface area contributed by atoms with Gasteiger partial charge in [0.25, 0.3) is 0 Å². The van der Waals surface area contributed by atoms with E-state index in [2.05, 4.69) is 36.0 Å². The van der Waals surface area contributed by atoms with Crippen LogP contribution in [0.25, 0.3) is 0 Å². The van der Waals surface area contributed by atoms with Crippen molar-refractivity contribution in [3.8, 4) is 0 Å². The maximum absolute atomic E-state index is 6.02. The van der Waals surface area contributed by atoms with Crippen molar-refractivity contribution >= 4 is 5.96 Å². The Morgan fingerprint density at radius 2 is 1.90 bits per heavy atom. The van der Waals surface area contributed by atoms with Crippen molar-refractivity contribution in [2.45, 2.75) is 77.8 Å².